The maximum atomic E-state index is 8.89. The fourth-order valence-electron chi connectivity index (χ4n) is 1.79. The van der Waals surface area contributed by atoms with Crippen molar-refractivity contribution in [2.75, 3.05) is 12.4 Å². The lowest BCUT2D eigenvalue weighted by atomic mass is 10.2. The van der Waals surface area contributed by atoms with E-state index < -0.39 is 0 Å². The minimum absolute atomic E-state index is 0.593. The number of rotatable bonds is 3. The second-order valence-electron chi connectivity index (χ2n) is 4.38. The van der Waals surface area contributed by atoms with Gasteiger partial charge in [0.15, 0.2) is 5.13 Å². The Morgan fingerprint density at radius 3 is 2.59 bits per heavy atom. The molecular weight excluding hydrogens is 294 g/mol. The fraction of sp³-hybridized carbons (Fsp3) is 0.188. The number of nitriles is 1. The van der Waals surface area contributed by atoms with E-state index >= 15 is 0 Å². The van der Waals surface area contributed by atoms with Gasteiger partial charge in [0, 0.05) is 18.8 Å². The van der Waals surface area contributed by atoms with Gasteiger partial charge in [-0.25, -0.2) is 4.98 Å². The van der Waals surface area contributed by atoms with Crippen molar-refractivity contribution in [3.8, 4) is 17.3 Å². The predicted octanol–water partition coefficient (Wildman–Crippen LogP) is 3.70. The van der Waals surface area contributed by atoms with E-state index in [1.807, 2.05) is 6.07 Å². The topological polar surface area (TPSA) is 77.4 Å². The molecule has 0 atom stereocenters. The molecule has 2 aromatic heterocycles. The lowest BCUT2D eigenvalue weighted by Crippen LogP contribution is -1.85. The van der Waals surface area contributed by atoms with E-state index in [0.717, 1.165) is 17.1 Å². The first kappa shape index (κ1) is 15.7. The van der Waals surface area contributed by atoms with Crippen LogP contribution in [0.2, 0.25) is 0 Å². The molecule has 6 heteroatoms. The number of aromatic nitrogens is 3. The van der Waals surface area contributed by atoms with Crippen molar-refractivity contribution < 1.29 is 0 Å². The van der Waals surface area contributed by atoms with Gasteiger partial charge in [0.2, 0.25) is 0 Å². The summed E-state index contributed by atoms with van der Waals surface area (Å²) in [5.41, 5.74) is 2.92. The van der Waals surface area contributed by atoms with Crippen LogP contribution in [0.25, 0.3) is 11.3 Å². The van der Waals surface area contributed by atoms with Gasteiger partial charge in [-0.2, -0.15) is 10.4 Å². The minimum atomic E-state index is 0.593. The molecule has 3 aromatic rings. The number of hydrogen-bond donors (Lipinski definition) is 2. The molecular formula is C16H17N5S. The molecule has 112 valence electrons. The Balaban J connectivity index is 0.000000188. The normalized spacial score (nSPS) is 9.50. The molecule has 0 aliphatic heterocycles. The molecule has 5 nitrogen and oxygen atoms in total. The van der Waals surface area contributed by atoms with Crippen LogP contribution in [0, 0.1) is 11.3 Å². The van der Waals surface area contributed by atoms with Crippen LogP contribution in [0.3, 0.4) is 0 Å². The highest BCUT2D eigenvalue weighted by Crippen LogP contribution is 2.29. The molecule has 0 spiro atoms. The van der Waals surface area contributed by atoms with Crippen LogP contribution >= 0.6 is 11.3 Å². The number of anilines is 1. The number of nitrogens with zero attached hydrogens (tertiary/aromatic N) is 3. The number of benzene rings is 1. The molecule has 2 heterocycles. The average Bonchev–Trinajstić information content (AvgIpc) is 3.24. The van der Waals surface area contributed by atoms with Crippen molar-refractivity contribution in [1.82, 2.24) is 15.2 Å². The molecule has 0 unspecified atom stereocenters. The Labute approximate surface area is 133 Å². The molecule has 0 aliphatic rings. The highest BCUT2D eigenvalue weighted by Gasteiger charge is 2.12. The maximum absolute atomic E-state index is 8.89. The highest BCUT2D eigenvalue weighted by atomic mass is 32.1. The molecule has 0 aliphatic carbocycles. The predicted molar refractivity (Wildman–Crippen MR) is 89.8 cm³/mol. The SMILES string of the molecule is CCc1ccccc1.CNc1nc(-c2cn[nH]c2)c(C#N)s1. The van der Waals surface area contributed by atoms with Gasteiger partial charge in [-0.05, 0) is 12.0 Å². The second kappa shape index (κ2) is 7.96. The first-order valence-corrected chi connectivity index (χ1v) is 7.71. The van der Waals surface area contributed by atoms with Crippen molar-refractivity contribution in [3.63, 3.8) is 0 Å². The van der Waals surface area contributed by atoms with Crippen molar-refractivity contribution >= 4 is 16.5 Å². The van der Waals surface area contributed by atoms with Crippen molar-refractivity contribution in [1.29, 1.82) is 5.26 Å². The van der Waals surface area contributed by atoms with Gasteiger partial charge in [-0.1, -0.05) is 48.6 Å². The third kappa shape index (κ3) is 3.93. The zero-order valence-corrected chi connectivity index (χ0v) is 13.3. The van der Waals surface area contributed by atoms with Gasteiger partial charge in [-0.3, -0.25) is 5.10 Å². The van der Waals surface area contributed by atoms with Crippen LogP contribution in [0.15, 0.2) is 42.7 Å². The number of aromatic amines is 1. The molecule has 0 saturated carbocycles. The van der Waals surface area contributed by atoms with Crippen LogP contribution in [-0.2, 0) is 6.42 Å². The van der Waals surface area contributed by atoms with Crippen molar-refractivity contribution in [3.05, 3.63) is 53.2 Å². The summed E-state index contributed by atoms with van der Waals surface area (Å²) in [5.74, 6) is 0. The summed E-state index contributed by atoms with van der Waals surface area (Å²) in [6, 6.07) is 12.6. The van der Waals surface area contributed by atoms with Gasteiger partial charge >= 0.3 is 0 Å². The fourth-order valence-corrected chi connectivity index (χ4v) is 2.53. The van der Waals surface area contributed by atoms with Gasteiger partial charge in [0.1, 0.15) is 16.6 Å². The summed E-state index contributed by atoms with van der Waals surface area (Å²) in [4.78, 5) is 4.86. The summed E-state index contributed by atoms with van der Waals surface area (Å²) in [5, 5.41) is 19.0. The van der Waals surface area contributed by atoms with E-state index in [2.05, 4.69) is 57.8 Å². The van der Waals surface area contributed by atoms with Gasteiger partial charge in [-0.15, -0.1) is 0 Å². The standard InChI is InChI=1S/C8H7N5S.C8H10/c1-10-8-13-7(6(2-9)14-8)5-3-11-12-4-5;1-2-8-6-4-3-5-7-8/h3-4H,1H3,(H,10,13)(H,11,12);3-7H,2H2,1H3. The molecule has 0 bridgehead atoms. The van der Waals surface area contributed by atoms with E-state index in [4.69, 9.17) is 5.26 Å². The molecule has 2 N–H and O–H groups in total. The van der Waals surface area contributed by atoms with Crippen LogP contribution in [0.5, 0.6) is 0 Å². The number of H-pyrrole nitrogens is 1. The maximum Gasteiger partial charge on any atom is 0.184 e. The average molecular weight is 311 g/mol. The summed E-state index contributed by atoms with van der Waals surface area (Å²) in [7, 11) is 1.78. The number of nitrogens with one attached hydrogen (secondary N) is 2. The van der Waals surface area contributed by atoms with Crippen molar-refractivity contribution in [2.24, 2.45) is 0 Å². The number of hydrogen-bond acceptors (Lipinski definition) is 5. The smallest absolute Gasteiger partial charge is 0.184 e. The Hall–Kier alpha value is -2.65. The molecule has 0 fully saturated rings. The van der Waals surface area contributed by atoms with Crippen LogP contribution < -0.4 is 5.32 Å². The number of thiazole rings is 1. The molecule has 1 aromatic carbocycles. The quantitative estimate of drug-likeness (QED) is 0.773. The van der Waals surface area contributed by atoms with Gasteiger partial charge in [0.05, 0.1) is 6.20 Å². The Morgan fingerprint density at radius 2 is 2.09 bits per heavy atom. The number of aryl methyl sites for hydroxylation is 1. The third-order valence-electron chi connectivity index (χ3n) is 2.97. The first-order chi connectivity index (χ1) is 10.8. The van der Waals surface area contributed by atoms with Crippen LogP contribution in [-0.4, -0.2) is 22.2 Å². The van der Waals surface area contributed by atoms with E-state index in [0.29, 0.717) is 10.6 Å². The van der Waals surface area contributed by atoms with Crippen LogP contribution in [0.1, 0.15) is 17.4 Å². The van der Waals surface area contributed by atoms with E-state index in [9.17, 15) is 0 Å². The second-order valence-corrected chi connectivity index (χ2v) is 5.38. The largest absolute Gasteiger partial charge is 0.365 e. The zero-order chi connectivity index (χ0) is 15.8. The Bertz CT molecular complexity index is 726. The Kier molecular flexibility index (Phi) is 5.69. The summed E-state index contributed by atoms with van der Waals surface area (Å²) in [6.07, 6.45) is 4.51. The molecule has 3 rings (SSSR count). The van der Waals surface area contributed by atoms with Gasteiger partial charge in [0.25, 0.3) is 0 Å². The molecule has 0 radical (unpaired) electrons. The Morgan fingerprint density at radius 1 is 1.32 bits per heavy atom. The molecule has 0 amide bonds. The van der Waals surface area contributed by atoms with Crippen molar-refractivity contribution in [2.45, 2.75) is 13.3 Å². The molecule has 0 saturated heterocycles. The monoisotopic (exact) mass is 311 g/mol. The van der Waals surface area contributed by atoms with E-state index in [1.54, 1.807) is 19.4 Å². The van der Waals surface area contributed by atoms with E-state index in [-0.39, 0.29) is 0 Å². The minimum Gasteiger partial charge on any atom is -0.365 e. The third-order valence-corrected chi connectivity index (χ3v) is 3.94. The highest BCUT2D eigenvalue weighted by molar-refractivity contribution is 7.16. The summed E-state index contributed by atoms with van der Waals surface area (Å²) < 4.78 is 0. The summed E-state index contributed by atoms with van der Waals surface area (Å²) >= 11 is 1.33. The zero-order valence-electron chi connectivity index (χ0n) is 12.5. The van der Waals surface area contributed by atoms with Crippen LogP contribution in [0.4, 0.5) is 5.13 Å². The molecule has 22 heavy (non-hydrogen) atoms. The summed E-state index contributed by atoms with van der Waals surface area (Å²) in [6.45, 7) is 2.16. The van der Waals surface area contributed by atoms with E-state index in [1.165, 1.54) is 16.9 Å². The van der Waals surface area contributed by atoms with Gasteiger partial charge < -0.3 is 5.32 Å². The lowest BCUT2D eigenvalue weighted by Gasteiger charge is -1.89. The first-order valence-electron chi connectivity index (χ1n) is 6.90. The lowest BCUT2D eigenvalue weighted by molar-refractivity contribution is 1.09.